The third-order valence-corrected chi connectivity index (χ3v) is 1.59. The molecule has 0 heterocycles. The summed E-state index contributed by atoms with van der Waals surface area (Å²) < 4.78 is 14.6. The van der Waals surface area contributed by atoms with Crippen molar-refractivity contribution in [2.75, 3.05) is 0 Å². The predicted molar refractivity (Wildman–Crippen MR) is 42.4 cm³/mol. The first-order chi connectivity index (χ1) is 5.57. The molecule has 1 nitrogen and oxygen atoms in total. The Morgan fingerprint density at radius 1 is 1.60 bits per heavy atom. The summed E-state index contributed by atoms with van der Waals surface area (Å²) >= 11 is 11.2. The van der Waals surface area contributed by atoms with E-state index in [2.05, 4.69) is 0 Å². The van der Waals surface area contributed by atoms with Crippen LogP contribution in [0.4, 0.5) is 0 Å². The van der Waals surface area contributed by atoms with Crippen molar-refractivity contribution >= 4 is 23.2 Å². The number of hydrogen-bond acceptors (Lipinski definition) is 1. The van der Waals surface area contributed by atoms with Gasteiger partial charge in [-0.1, -0.05) is 29.3 Å². The van der Waals surface area contributed by atoms with Gasteiger partial charge in [0.25, 0.3) is 0 Å². The van der Waals surface area contributed by atoms with Crippen LogP contribution >= 0.6 is 23.2 Å². The van der Waals surface area contributed by atoms with E-state index in [1.165, 1.54) is 6.07 Å². The molecule has 0 radical (unpaired) electrons. The van der Waals surface area contributed by atoms with E-state index in [1.54, 1.807) is 0 Å². The highest BCUT2D eigenvalue weighted by Crippen LogP contribution is 2.20. The average Bonchev–Trinajstić information content (AvgIpc) is 2.08. The maximum atomic E-state index is 8.76. The fraction of sp³-hybridized carbons (Fsp3) is 0.143. The van der Waals surface area contributed by atoms with Crippen molar-refractivity contribution in [1.29, 1.82) is 0 Å². The number of aliphatic hydroxyl groups excluding tert-OH is 1. The van der Waals surface area contributed by atoms with E-state index in [-0.39, 0.29) is 28.7 Å². The van der Waals surface area contributed by atoms with Gasteiger partial charge in [0, 0.05) is 10.0 Å². The molecule has 54 valence electrons. The van der Waals surface area contributed by atoms with Crippen LogP contribution < -0.4 is 0 Å². The normalized spacial score (nSPS) is 12.7. The van der Waals surface area contributed by atoms with E-state index in [1.807, 2.05) is 0 Å². The molecule has 0 saturated carbocycles. The van der Waals surface area contributed by atoms with Crippen LogP contribution in [-0.2, 0) is 6.61 Å². The number of hydrogen-bond donors (Lipinski definition) is 1. The third kappa shape index (κ3) is 1.63. The second kappa shape index (κ2) is 3.24. The van der Waals surface area contributed by atoms with E-state index in [0.29, 0.717) is 5.56 Å². The van der Waals surface area contributed by atoms with Crippen molar-refractivity contribution in [3.05, 3.63) is 33.8 Å². The number of benzene rings is 1. The molecule has 1 aromatic rings. The summed E-state index contributed by atoms with van der Waals surface area (Å²) in [5, 5.41) is 8.89. The Balaban J connectivity index is 3.39. The van der Waals surface area contributed by atoms with Crippen LogP contribution in [0.25, 0.3) is 0 Å². The Morgan fingerprint density at radius 3 is 2.90 bits per heavy atom. The lowest BCUT2D eigenvalue weighted by Crippen LogP contribution is -1.82. The van der Waals surface area contributed by atoms with Crippen LogP contribution in [0.1, 0.15) is 8.30 Å². The van der Waals surface area contributed by atoms with Crippen LogP contribution in [0.5, 0.6) is 0 Å². The Labute approximate surface area is 72.0 Å². The highest BCUT2D eigenvalue weighted by atomic mass is 35.5. The molecule has 1 aromatic carbocycles. The van der Waals surface area contributed by atoms with E-state index in [4.69, 9.17) is 31.0 Å². The van der Waals surface area contributed by atoms with Gasteiger partial charge in [-0.2, -0.15) is 0 Å². The summed E-state index contributed by atoms with van der Waals surface area (Å²) in [4.78, 5) is 0. The molecule has 1 N–H and O–H groups in total. The van der Waals surface area contributed by atoms with E-state index in [9.17, 15) is 0 Å². The molecule has 0 aliphatic heterocycles. The number of halogens is 2. The largest absolute Gasteiger partial charge is 0.392 e. The minimum Gasteiger partial charge on any atom is -0.392 e. The van der Waals surface area contributed by atoms with Crippen LogP contribution in [-0.4, -0.2) is 5.11 Å². The molecule has 0 fully saturated rings. The van der Waals surface area contributed by atoms with Crippen molar-refractivity contribution in [2.45, 2.75) is 6.61 Å². The van der Waals surface area contributed by atoms with Crippen LogP contribution in [0, 0.1) is 0 Å². The quantitative estimate of drug-likeness (QED) is 0.701. The molecule has 0 spiro atoms. The van der Waals surface area contributed by atoms with Crippen LogP contribution in [0.15, 0.2) is 18.2 Å². The fourth-order valence-electron chi connectivity index (χ4n) is 0.542. The van der Waals surface area contributed by atoms with E-state index in [0.717, 1.165) is 0 Å². The summed E-state index contributed by atoms with van der Waals surface area (Å²) in [6.07, 6.45) is 0. The Kier molecular flexibility index (Phi) is 1.75. The van der Waals surface area contributed by atoms with Gasteiger partial charge in [0.1, 0.15) is 0 Å². The highest BCUT2D eigenvalue weighted by molar-refractivity contribution is 6.35. The summed E-state index contributed by atoms with van der Waals surface area (Å²) in [5.74, 6) is 0. The molecular weight excluding hydrogens is 171 g/mol. The lowest BCUT2D eigenvalue weighted by molar-refractivity contribution is 0.282. The van der Waals surface area contributed by atoms with Gasteiger partial charge in [0.2, 0.25) is 0 Å². The van der Waals surface area contributed by atoms with Crippen molar-refractivity contribution in [2.24, 2.45) is 0 Å². The Morgan fingerprint density at radius 2 is 2.30 bits per heavy atom. The summed E-state index contributed by atoms with van der Waals surface area (Å²) in [5.41, 5.74) is 0.357. The molecule has 10 heavy (non-hydrogen) atoms. The third-order valence-electron chi connectivity index (χ3n) is 1.04. The van der Waals surface area contributed by atoms with Crippen molar-refractivity contribution in [1.82, 2.24) is 0 Å². The molecule has 3 heteroatoms. The monoisotopic (exact) mass is 178 g/mol. The minimum atomic E-state index is -0.284. The van der Waals surface area contributed by atoms with Crippen molar-refractivity contribution in [3.8, 4) is 0 Å². The molecule has 1 rings (SSSR count). The predicted octanol–water partition coefficient (Wildman–Crippen LogP) is 2.49. The maximum absolute atomic E-state index is 8.76. The average molecular weight is 179 g/mol. The summed E-state index contributed by atoms with van der Waals surface area (Å²) in [6, 6.07) is 1.26. The van der Waals surface area contributed by atoms with Crippen LogP contribution in [0.2, 0.25) is 10.0 Å². The van der Waals surface area contributed by atoms with Crippen LogP contribution in [0.3, 0.4) is 0 Å². The van der Waals surface area contributed by atoms with Gasteiger partial charge in [-0.3, -0.25) is 0 Å². The zero-order chi connectivity index (χ0) is 9.30. The Bertz CT molecular complexity index is 315. The molecule has 0 saturated heterocycles. The SMILES string of the molecule is [2H]c1cc(CO)c(Cl)c([2H])c1Cl. The smallest absolute Gasteiger partial charge is 0.0696 e. The topological polar surface area (TPSA) is 20.2 Å². The van der Waals surface area contributed by atoms with Gasteiger partial charge in [0.05, 0.1) is 9.35 Å². The van der Waals surface area contributed by atoms with E-state index >= 15 is 0 Å². The molecule has 0 unspecified atom stereocenters. The second-order valence-corrected chi connectivity index (χ2v) is 2.48. The number of rotatable bonds is 1. The second-order valence-electron chi connectivity index (χ2n) is 1.72. The molecule has 0 aliphatic carbocycles. The van der Waals surface area contributed by atoms with Gasteiger partial charge in [-0.05, 0) is 17.6 Å². The Hall–Kier alpha value is -0.240. The zero-order valence-electron chi connectivity index (χ0n) is 6.99. The van der Waals surface area contributed by atoms with Crippen molar-refractivity contribution in [3.63, 3.8) is 0 Å². The maximum Gasteiger partial charge on any atom is 0.0696 e. The highest BCUT2D eigenvalue weighted by Gasteiger charge is 1.97. The molecule has 0 aromatic heterocycles. The zero-order valence-corrected chi connectivity index (χ0v) is 6.50. The van der Waals surface area contributed by atoms with Gasteiger partial charge in [-0.15, -0.1) is 0 Å². The summed E-state index contributed by atoms with van der Waals surface area (Å²) in [7, 11) is 0. The standard InChI is InChI=1S/C7H6Cl2O/c8-6-2-1-5(4-10)7(9)3-6/h1-3,10H,4H2/i2D,3D. The summed E-state index contributed by atoms with van der Waals surface area (Å²) in [6.45, 7) is -0.284. The minimum absolute atomic E-state index is 0.00937. The van der Waals surface area contributed by atoms with Gasteiger partial charge in [0.15, 0.2) is 0 Å². The molecule has 0 aliphatic rings. The lowest BCUT2D eigenvalue weighted by atomic mass is 10.2. The number of aliphatic hydroxyl groups is 1. The molecule has 0 atom stereocenters. The molecular formula is C7H6Cl2O. The first-order valence-electron chi connectivity index (χ1n) is 3.63. The molecule has 0 bridgehead atoms. The lowest BCUT2D eigenvalue weighted by Gasteiger charge is -1.98. The fourth-order valence-corrected chi connectivity index (χ4v) is 0.948. The first-order valence-corrected chi connectivity index (χ1v) is 3.38. The first kappa shape index (κ1) is 5.42. The molecule has 0 amide bonds. The van der Waals surface area contributed by atoms with Gasteiger partial charge in [-0.25, -0.2) is 0 Å². The van der Waals surface area contributed by atoms with Gasteiger partial charge >= 0.3 is 0 Å². The van der Waals surface area contributed by atoms with Gasteiger partial charge < -0.3 is 5.11 Å². The van der Waals surface area contributed by atoms with Crippen molar-refractivity contribution < 1.29 is 7.85 Å². The van der Waals surface area contributed by atoms with E-state index < -0.39 is 0 Å².